The zero-order chi connectivity index (χ0) is 22.0. The van der Waals surface area contributed by atoms with Crippen molar-refractivity contribution in [1.29, 1.82) is 0 Å². The maximum absolute atomic E-state index is 7.49. The summed E-state index contributed by atoms with van der Waals surface area (Å²) in [5.74, 6) is 3.14. The van der Waals surface area contributed by atoms with Gasteiger partial charge in [0.2, 0.25) is 0 Å². The van der Waals surface area contributed by atoms with Crippen LogP contribution in [0, 0.1) is 35.0 Å². The zero-order valence-corrected chi connectivity index (χ0v) is 20.1. The van der Waals surface area contributed by atoms with Crippen LogP contribution in [0.1, 0.15) is 89.7 Å². The molecule has 4 N–H and O–H groups in total. The van der Waals surface area contributed by atoms with Crippen molar-refractivity contribution in [2.45, 2.75) is 96.1 Å². The predicted octanol–water partition coefficient (Wildman–Crippen LogP) is 6.33. The third-order valence-electron chi connectivity index (χ3n) is 10.9. The summed E-state index contributed by atoms with van der Waals surface area (Å²) in [4.78, 5) is 0. The van der Waals surface area contributed by atoms with E-state index in [1.807, 2.05) is 0 Å². The van der Waals surface area contributed by atoms with Crippen LogP contribution in [-0.2, 0) is 6.42 Å². The van der Waals surface area contributed by atoms with Crippen LogP contribution in [0.4, 0.5) is 0 Å². The molecule has 0 amide bonds. The SMILES string of the molecule is C=C(c1ccc(CC)cc1)[C@H]1CCC2[C@]3(N)CCC4C[C@@H](C)CC[C@]4(N)C3CC[C@@]21C. The first-order valence-corrected chi connectivity index (χ1v) is 13.1. The first-order chi connectivity index (χ1) is 14.7. The summed E-state index contributed by atoms with van der Waals surface area (Å²) in [6.45, 7) is 11.8. The molecular formula is C29H44N2. The van der Waals surface area contributed by atoms with Crippen molar-refractivity contribution in [2.24, 2.45) is 46.5 Å². The lowest BCUT2D eigenvalue weighted by atomic mass is 9.43. The van der Waals surface area contributed by atoms with Crippen LogP contribution in [0.5, 0.6) is 0 Å². The lowest BCUT2D eigenvalue weighted by molar-refractivity contribution is -0.0931. The van der Waals surface area contributed by atoms with E-state index in [1.165, 1.54) is 74.5 Å². The first kappa shape index (κ1) is 21.7. The van der Waals surface area contributed by atoms with E-state index >= 15 is 0 Å². The van der Waals surface area contributed by atoms with Crippen LogP contribution >= 0.6 is 0 Å². The molecule has 1 aromatic rings. The van der Waals surface area contributed by atoms with E-state index in [4.69, 9.17) is 11.5 Å². The maximum Gasteiger partial charge on any atom is 0.0234 e. The molecule has 4 aliphatic carbocycles. The summed E-state index contributed by atoms with van der Waals surface area (Å²) in [5, 5.41) is 0. The van der Waals surface area contributed by atoms with E-state index in [2.05, 4.69) is 51.6 Å². The van der Waals surface area contributed by atoms with E-state index in [1.54, 1.807) is 0 Å². The summed E-state index contributed by atoms with van der Waals surface area (Å²) in [7, 11) is 0. The lowest BCUT2D eigenvalue weighted by Crippen LogP contribution is -2.73. The number of aryl methyl sites for hydroxylation is 1. The van der Waals surface area contributed by atoms with Crippen LogP contribution < -0.4 is 11.5 Å². The molecule has 4 fully saturated rings. The highest BCUT2D eigenvalue weighted by Gasteiger charge is 2.66. The number of benzene rings is 1. The minimum absolute atomic E-state index is 0.0219. The van der Waals surface area contributed by atoms with Crippen LogP contribution in [0.3, 0.4) is 0 Å². The van der Waals surface area contributed by atoms with Gasteiger partial charge in [-0.3, -0.25) is 0 Å². The summed E-state index contributed by atoms with van der Waals surface area (Å²) in [5.41, 5.74) is 19.0. The van der Waals surface area contributed by atoms with Gasteiger partial charge in [-0.25, -0.2) is 0 Å². The third kappa shape index (κ3) is 3.11. The minimum atomic E-state index is -0.0834. The number of nitrogens with two attached hydrogens (primary N) is 2. The monoisotopic (exact) mass is 420 g/mol. The fraction of sp³-hybridized carbons (Fsp3) is 0.724. The van der Waals surface area contributed by atoms with Gasteiger partial charge in [0.05, 0.1) is 0 Å². The molecule has 170 valence electrons. The fourth-order valence-corrected chi connectivity index (χ4v) is 9.07. The van der Waals surface area contributed by atoms with Crippen molar-refractivity contribution in [1.82, 2.24) is 0 Å². The highest BCUT2D eigenvalue weighted by Crippen LogP contribution is 2.67. The molecule has 0 spiro atoms. The van der Waals surface area contributed by atoms with E-state index in [0.29, 0.717) is 23.7 Å². The molecule has 0 heterocycles. The number of hydrogen-bond acceptors (Lipinski definition) is 2. The Balaban J connectivity index is 1.42. The normalized spacial score (nSPS) is 46.7. The molecule has 4 aliphatic rings. The van der Waals surface area contributed by atoms with Gasteiger partial charge < -0.3 is 11.5 Å². The highest BCUT2D eigenvalue weighted by molar-refractivity contribution is 5.67. The Morgan fingerprint density at radius 3 is 2.35 bits per heavy atom. The van der Waals surface area contributed by atoms with Gasteiger partial charge in [0.15, 0.2) is 0 Å². The fourth-order valence-electron chi connectivity index (χ4n) is 9.07. The van der Waals surface area contributed by atoms with Crippen molar-refractivity contribution in [3.63, 3.8) is 0 Å². The Morgan fingerprint density at radius 2 is 1.65 bits per heavy atom. The molecule has 1 aromatic carbocycles. The Bertz CT molecular complexity index is 843. The average molecular weight is 421 g/mol. The second-order valence-electron chi connectivity index (χ2n) is 12.2. The first-order valence-electron chi connectivity index (χ1n) is 13.1. The van der Waals surface area contributed by atoms with Crippen LogP contribution in [0.15, 0.2) is 30.8 Å². The Labute approximate surface area is 190 Å². The molecule has 5 rings (SSSR count). The van der Waals surface area contributed by atoms with Crippen LogP contribution in [0.25, 0.3) is 5.57 Å². The second kappa shape index (κ2) is 7.45. The van der Waals surface area contributed by atoms with Gasteiger partial charge in [0, 0.05) is 11.1 Å². The molecule has 0 radical (unpaired) electrons. The van der Waals surface area contributed by atoms with Gasteiger partial charge in [-0.15, -0.1) is 0 Å². The van der Waals surface area contributed by atoms with E-state index in [9.17, 15) is 0 Å². The second-order valence-corrected chi connectivity index (χ2v) is 12.2. The van der Waals surface area contributed by atoms with Gasteiger partial charge in [-0.05, 0) is 116 Å². The third-order valence-corrected chi connectivity index (χ3v) is 10.9. The topological polar surface area (TPSA) is 52.0 Å². The Morgan fingerprint density at radius 1 is 0.935 bits per heavy atom. The van der Waals surface area contributed by atoms with Crippen LogP contribution in [-0.4, -0.2) is 11.1 Å². The van der Waals surface area contributed by atoms with E-state index in [-0.39, 0.29) is 16.5 Å². The van der Waals surface area contributed by atoms with Crippen molar-refractivity contribution in [2.75, 3.05) is 0 Å². The molecule has 0 bridgehead atoms. The number of hydrogen-bond donors (Lipinski definition) is 2. The standard InChI is InChI=1S/C29H44N2/c1-5-21-6-8-22(9-7-21)20(3)24-10-11-25-27(24,4)15-14-26-28(30)16-12-19(2)18-23(28)13-17-29(25,26)31/h6-9,19,23-26H,3,5,10-18,30-31H2,1-2,4H3/t19-,23?,24+,25?,26?,27+,28+,29+/m0/s1. The molecular weight excluding hydrogens is 376 g/mol. The quantitative estimate of drug-likeness (QED) is 0.600. The summed E-state index contributed by atoms with van der Waals surface area (Å²) >= 11 is 0. The van der Waals surface area contributed by atoms with Gasteiger partial charge in [-0.1, -0.05) is 51.6 Å². The molecule has 4 saturated carbocycles. The van der Waals surface area contributed by atoms with E-state index in [0.717, 1.165) is 12.3 Å². The van der Waals surface area contributed by atoms with Crippen molar-refractivity contribution < 1.29 is 0 Å². The predicted molar refractivity (Wildman–Crippen MR) is 131 cm³/mol. The van der Waals surface area contributed by atoms with Gasteiger partial charge in [-0.2, -0.15) is 0 Å². The zero-order valence-electron chi connectivity index (χ0n) is 20.1. The summed E-state index contributed by atoms with van der Waals surface area (Å²) in [6.07, 6.45) is 12.3. The van der Waals surface area contributed by atoms with Crippen molar-refractivity contribution in [3.05, 3.63) is 42.0 Å². The number of fused-ring (bicyclic) bond motifs is 5. The smallest absolute Gasteiger partial charge is 0.0234 e. The van der Waals surface area contributed by atoms with Crippen molar-refractivity contribution in [3.8, 4) is 0 Å². The van der Waals surface area contributed by atoms with Gasteiger partial charge in [0.25, 0.3) is 0 Å². The van der Waals surface area contributed by atoms with Gasteiger partial charge in [0.1, 0.15) is 0 Å². The highest BCUT2D eigenvalue weighted by atomic mass is 14.9. The number of rotatable bonds is 3. The van der Waals surface area contributed by atoms with Crippen molar-refractivity contribution >= 4 is 5.57 Å². The number of allylic oxidation sites excluding steroid dienone is 1. The molecule has 0 aliphatic heterocycles. The van der Waals surface area contributed by atoms with Crippen LogP contribution in [0.2, 0.25) is 0 Å². The molecule has 31 heavy (non-hydrogen) atoms. The largest absolute Gasteiger partial charge is 0.325 e. The summed E-state index contributed by atoms with van der Waals surface area (Å²) < 4.78 is 0. The lowest BCUT2D eigenvalue weighted by Gasteiger charge is -2.65. The molecule has 3 unspecified atom stereocenters. The molecule has 0 aromatic heterocycles. The minimum Gasteiger partial charge on any atom is -0.325 e. The Hall–Kier alpha value is -1.12. The molecule has 2 nitrogen and oxygen atoms in total. The molecule has 8 atom stereocenters. The maximum atomic E-state index is 7.49. The summed E-state index contributed by atoms with van der Waals surface area (Å²) in [6, 6.07) is 9.15. The average Bonchev–Trinajstić information content (AvgIpc) is 3.12. The van der Waals surface area contributed by atoms with Gasteiger partial charge >= 0.3 is 0 Å². The Kier molecular flexibility index (Phi) is 5.22. The molecule has 0 saturated heterocycles. The van der Waals surface area contributed by atoms with E-state index < -0.39 is 0 Å². The molecule has 2 heteroatoms.